The van der Waals surface area contributed by atoms with E-state index in [9.17, 15) is 0 Å². The number of para-hydroxylation sites is 2. The lowest BCUT2D eigenvalue weighted by Gasteiger charge is -2.03. The Morgan fingerprint density at radius 1 is 0.947 bits per heavy atom. The number of imidazole rings is 2. The molecule has 0 saturated heterocycles. The molecule has 0 atom stereocenters. The highest BCUT2D eigenvalue weighted by atomic mass is 15.2. The van der Waals surface area contributed by atoms with Crippen LogP contribution in [0, 0.1) is 0 Å². The van der Waals surface area contributed by atoms with E-state index in [1.807, 2.05) is 18.2 Å². The summed E-state index contributed by atoms with van der Waals surface area (Å²) in [6, 6.07) is 16.6. The van der Waals surface area contributed by atoms with Gasteiger partial charge in [0.1, 0.15) is 7.85 Å². The van der Waals surface area contributed by atoms with E-state index in [0.717, 1.165) is 22.5 Å². The summed E-state index contributed by atoms with van der Waals surface area (Å²) in [5, 5.41) is 0. The Morgan fingerprint density at radius 2 is 1.84 bits per heavy atom. The lowest BCUT2D eigenvalue weighted by atomic mass is 9.96. The molecule has 2 heterocycles. The Kier molecular flexibility index (Phi) is 2.06. The topological polar surface area (TPSA) is 22.2 Å². The zero-order valence-electron chi connectivity index (χ0n) is 10.6. The summed E-state index contributed by atoms with van der Waals surface area (Å²) in [5.41, 5.74) is 4.56. The van der Waals surface area contributed by atoms with Gasteiger partial charge in [0.2, 0.25) is 5.78 Å². The molecule has 0 N–H and O–H groups in total. The van der Waals surface area contributed by atoms with E-state index in [-0.39, 0.29) is 0 Å². The first-order chi connectivity index (χ1) is 9.33. The van der Waals surface area contributed by atoms with Crippen LogP contribution in [-0.2, 0) is 0 Å². The van der Waals surface area contributed by atoms with E-state index in [1.54, 1.807) is 0 Å². The molecule has 0 saturated carbocycles. The normalized spacial score (nSPS) is 11.4. The fourth-order valence-electron chi connectivity index (χ4n) is 2.53. The molecule has 0 bridgehead atoms. The van der Waals surface area contributed by atoms with Gasteiger partial charge in [-0.2, -0.15) is 0 Å². The Balaban J connectivity index is 2.05. The van der Waals surface area contributed by atoms with E-state index in [2.05, 4.69) is 59.5 Å². The maximum Gasteiger partial charge on any atom is 0.219 e. The molecule has 3 nitrogen and oxygen atoms in total. The van der Waals surface area contributed by atoms with Crippen molar-refractivity contribution in [2.24, 2.45) is 0 Å². The zero-order chi connectivity index (χ0) is 12.8. The van der Waals surface area contributed by atoms with Crippen LogP contribution in [0.2, 0.25) is 0 Å². The summed E-state index contributed by atoms with van der Waals surface area (Å²) in [5.74, 6) is 0.951. The Morgan fingerprint density at radius 3 is 2.74 bits per heavy atom. The maximum atomic E-state index is 4.71. The minimum atomic E-state index is 0.951. The Labute approximate surface area is 111 Å². The summed E-state index contributed by atoms with van der Waals surface area (Å²) in [7, 11) is 2.10. The zero-order valence-corrected chi connectivity index (χ0v) is 10.6. The van der Waals surface area contributed by atoms with Crippen molar-refractivity contribution in [3.63, 3.8) is 0 Å². The molecule has 4 heteroatoms. The molecule has 0 radical (unpaired) electrons. The molecule has 90 valence electrons. The van der Waals surface area contributed by atoms with Crippen LogP contribution in [-0.4, -0.2) is 21.8 Å². The number of fused-ring (bicyclic) bond motifs is 3. The second-order valence-electron chi connectivity index (χ2n) is 4.78. The number of hydrogen-bond donors (Lipinski definition) is 0. The van der Waals surface area contributed by atoms with Crippen LogP contribution in [0.3, 0.4) is 0 Å². The first kappa shape index (κ1) is 10.4. The van der Waals surface area contributed by atoms with Gasteiger partial charge in [0, 0.05) is 18.1 Å². The SMILES string of the molecule is Bc1cccc(-n2ccn3c4ccccc4nc23)c1. The fourth-order valence-corrected chi connectivity index (χ4v) is 2.53. The average molecular weight is 245 g/mol. The van der Waals surface area contributed by atoms with Gasteiger partial charge in [-0.05, 0) is 24.3 Å². The summed E-state index contributed by atoms with van der Waals surface area (Å²) < 4.78 is 4.24. The summed E-state index contributed by atoms with van der Waals surface area (Å²) >= 11 is 0. The predicted octanol–water partition coefficient (Wildman–Crippen LogP) is 1.54. The van der Waals surface area contributed by atoms with Gasteiger partial charge in [-0.15, -0.1) is 0 Å². The molecular weight excluding hydrogens is 233 g/mol. The highest BCUT2D eigenvalue weighted by Gasteiger charge is 2.09. The number of hydrogen-bond acceptors (Lipinski definition) is 1. The standard InChI is InChI=1S/C15H12BN3/c16-11-4-3-5-12(10-11)18-8-9-19-14-7-2-1-6-13(14)17-15(18)19/h1-10H,16H2. The molecule has 19 heavy (non-hydrogen) atoms. The van der Waals surface area contributed by atoms with Crippen LogP contribution >= 0.6 is 0 Å². The van der Waals surface area contributed by atoms with Crippen molar-refractivity contribution in [3.05, 3.63) is 60.9 Å². The summed E-state index contributed by atoms with van der Waals surface area (Å²) in [4.78, 5) is 4.71. The van der Waals surface area contributed by atoms with Gasteiger partial charge >= 0.3 is 0 Å². The van der Waals surface area contributed by atoms with E-state index in [0.29, 0.717) is 0 Å². The van der Waals surface area contributed by atoms with Crippen LogP contribution < -0.4 is 5.46 Å². The molecule has 0 aliphatic heterocycles. The third kappa shape index (κ3) is 1.50. The largest absolute Gasteiger partial charge is 0.286 e. The molecule has 4 rings (SSSR count). The monoisotopic (exact) mass is 245 g/mol. The molecule has 4 aromatic rings. The van der Waals surface area contributed by atoms with Crippen LogP contribution in [0.1, 0.15) is 0 Å². The Hall–Kier alpha value is -2.49. The van der Waals surface area contributed by atoms with Crippen molar-refractivity contribution >= 4 is 30.1 Å². The van der Waals surface area contributed by atoms with Crippen molar-refractivity contribution < 1.29 is 0 Å². The number of rotatable bonds is 1. The summed E-state index contributed by atoms with van der Waals surface area (Å²) in [6.07, 6.45) is 4.12. The molecule has 0 fully saturated rings. The lowest BCUT2D eigenvalue weighted by molar-refractivity contribution is 1.08. The van der Waals surface area contributed by atoms with Crippen LogP contribution in [0.5, 0.6) is 0 Å². The summed E-state index contributed by atoms with van der Waals surface area (Å²) in [6.45, 7) is 0. The fraction of sp³-hybridized carbons (Fsp3) is 0. The third-order valence-corrected chi connectivity index (χ3v) is 3.44. The number of aromatic nitrogens is 3. The Bertz CT molecular complexity index is 889. The molecule has 0 amide bonds. The van der Waals surface area contributed by atoms with Crippen LogP contribution in [0.4, 0.5) is 0 Å². The minimum absolute atomic E-state index is 0.951. The van der Waals surface area contributed by atoms with Gasteiger partial charge in [0.25, 0.3) is 0 Å². The van der Waals surface area contributed by atoms with Gasteiger partial charge < -0.3 is 0 Å². The van der Waals surface area contributed by atoms with Gasteiger partial charge in [-0.3, -0.25) is 8.97 Å². The molecule has 0 spiro atoms. The predicted molar refractivity (Wildman–Crippen MR) is 80.2 cm³/mol. The van der Waals surface area contributed by atoms with Crippen LogP contribution in [0.25, 0.3) is 22.5 Å². The van der Waals surface area contributed by atoms with Gasteiger partial charge in [-0.1, -0.05) is 29.7 Å². The average Bonchev–Trinajstić information content (AvgIpc) is 2.97. The first-order valence-electron chi connectivity index (χ1n) is 6.34. The quantitative estimate of drug-likeness (QED) is 0.466. The maximum absolute atomic E-state index is 4.71. The lowest BCUT2D eigenvalue weighted by Crippen LogP contribution is -2.04. The van der Waals surface area contributed by atoms with Crippen molar-refractivity contribution in [1.82, 2.24) is 14.0 Å². The molecule has 0 unspecified atom stereocenters. The van der Waals surface area contributed by atoms with Crippen molar-refractivity contribution in [2.45, 2.75) is 0 Å². The van der Waals surface area contributed by atoms with Gasteiger partial charge in [0.05, 0.1) is 11.0 Å². The molecule has 2 aromatic heterocycles. The smallest absolute Gasteiger partial charge is 0.219 e. The van der Waals surface area contributed by atoms with E-state index in [1.165, 1.54) is 5.46 Å². The van der Waals surface area contributed by atoms with Gasteiger partial charge in [-0.25, -0.2) is 4.98 Å². The van der Waals surface area contributed by atoms with E-state index < -0.39 is 0 Å². The highest BCUT2D eigenvalue weighted by Crippen LogP contribution is 2.19. The highest BCUT2D eigenvalue weighted by molar-refractivity contribution is 6.32. The second kappa shape index (κ2) is 3.75. The number of benzene rings is 2. The molecule has 2 aromatic carbocycles. The second-order valence-corrected chi connectivity index (χ2v) is 4.78. The van der Waals surface area contributed by atoms with Crippen molar-refractivity contribution in [1.29, 1.82) is 0 Å². The van der Waals surface area contributed by atoms with E-state index >= 15 is 0 Å². The molecular formula is C15H12BN3. The minimum Gasteiger partial charge on any atom is -0.286 e. The number of nitrogens with zero attached hydrogens (tertiary/aromatic N) is 3. The van der Waals surface area contributed by atoms with E-state index in [4.69, 9.17) is 4.98 Å². The van der Waals surface area contributed by atoms with Crippen LogP contribution in [0.15, 0.2) is 60.9 Å². The van der Waals surface area contributed by atoms with Crippen molar-refractivity contribution in [2.75, 3.05) is 0 Å². The first-order valence-corrected chi connectivity index (χ1v) is 6.34. The molecule has 0 aliphatic rings. The third-order valence-electron chi connectivity index (χ3n) is 3.44. The van der Waals surface area contributed by atoms with Gasteiger partial charge in [0.15, 0.2) is 0 Å². The molecule has 0 aliphatic carbocycles. The van der Waals surface area contributed by atoms with Crippen molar-refractivity contribution in [3.8, 4) is 5.69 Å².